The molecular formula is C23H33ClN4O. The van der Waals surface area contributed by atoms with Crippen LogP contribution in [0.2, 0.25) is 0 Å². The van der Waals surface area contributed by atoms with Crippen molar-refractivity contribution >= 4 is 24.1 Å². The normalized spacial score (nSPS) is 14.6. The SMILES string of the molecule is CCC(CC)N1CCN(c2ccc(C(=O)N(C)Cc3ccccc3)cn2)CC1.Cl. The first-order valence-corrected chi connectivity index (χ1v) is 10.4. The molecule has 2 heterocycles. The number of pyridine rings is 1. The summed E-state index contributed by atoms with van der Waals surface area (Å²) in [5.74, 6) is 0.966. The van der Waals surface area contributed by atoms with E-state index in [2.05, 4.69) is 28.6 Å². The Morgan fingerprint density at radius 2 is 1.69 bits per heavy atom. The summed E-state index contributed by atoms with van der Waals surface area (Å²) in [6, 6.07) is 14.6. The average molecular weight is 417 g/mol. The zero-order valence-corrected chi connectivity index (χ0v) is 18.6. The van der Waals surface area contributed by atoms with E-state index in [4.69, 9.17) is 0 Å². The van der Waals surface area contributed by atoms with Crippen LogP contribution in [0.3, 0.4) is 0 Å². The van der Waals surface area contributed by atoms with E-state index in [9.17, 15) is 4.79 Å². The van der Waals surface area contributed by atoms with Crippen molar-refractivity contribution in [3.8, 4) is 0 Å². The third kappa shape index (κ3) is 5.94. The molecule has 0 aliphatic carbocycles. The van der Waals surface area contributed by atoms with Crippen LogP contribution in [0.4, 0.5) is 5.82 Å². The molecule has 1 aliphatic rings. The summed E-state index contributed by atoms with van der Waals surface area (Å²) < 4.78 is 0. The molecule has 5 nitrogen and oxygen atoms in total. The van der Waals surface area contributed by atoms with Gasteiger partial charge in [-0.15, -0.1) is 12.4 Å². The highest BCUT2D eigenvalue weighted by Crippen LogP contribution is 2.18. The van der Waals surface area contributed by atoms with Crippen LogP contribution in [0.15, 0.2) is 48.7 Å². The maximum atomic E-state index is 12.7. The molecule has 0 spiro atoms. The Kier molecular flexibility index (Phi) is 8.93. The van der Waals surface area contributed by atoms with E-state index < -0.39 is 0 Å². The Hall–Kier alpha value is -2.11. The zero-order valence-electron chi connectivity index (χ0n) is 17.8. The molecule has 2 aromatic rings. The molecule has 0 atom stereocenters. The highest BCUT2D eigenvalue weighted by molar-refractivity contribution is 5.93. The van der Waals surface area contributed by atoms with Crippen LogP contribution in [-0.2, 0) is 6.54 Å². The quantitative estimate of drug-likeness (QED) is 0.681. The Balaban J connectivity index is 0.00000300. The number of piperazine rings is 1. The van der Waals surface area contributed by atoms with Crippen LogP contribution in [0.1, 0.15) is 42.6 Å². The lowest BCUT2D eigenvalue weighted by Crippen LogP contribution is -2.50. The summed E-state index contributed by atoms with van der Waals surface area (Å²) >= 11 is 0. The molecule has 1 fully saturated rings. The van der Waals surface area contributed by atoms with Gasteiger partial charge in [0.15, 0.2) is 0 Å². The highest BCUT2D eigenvalue weighted by atomic mass is 35.5. The molecule has 3 rings (SSSR count). The Morgan fingerprint density at radius 3 is 2.24 bits per heavy atom. The van der Waals surface area contributed by atoms with Crippen LogP contribution in [0, 0.1) is 0 Å². The number of anilines is 1. The van der Waals surface area contributed by atoms with Gasteiger partial charge in [0.25, 0.3) is 5.91 Å². The molecule has 1 aromatic heterocycles. The van der Waals surface area contributed by atoms with Gasteiger partial charge in [-0.1, -0.05) is 44.2 Å². The minimum atomic E-state index is 0. The second-order valence-electron chi connectivity index (χ2n) is 7.55. The minimum Gasteiger partial charge on any atom is -0.354 e. The predicted octanol–water partition coefficient (Wildman–Crippen LogP) is 4.09. The number of aromatic nitrogens is 1. The average Bonchev–Trinajstić information content (AvgIpc) is 2.75. The van der Waals surface area contributed by atoms with E-state index in [1.807, 2.05) is 49.5 Å². The fourth-order valence-electron chi connectivity index (χ4n) is 3.97. The van der Waals surface area contributed by atoms with Crippen molar-refractivity contribution in [2.45, 2.75) is 39.3 Å². The fourth-order valence-corrected chi connectivity index (χ4v) is 3.97. The number of halogens is 1. The maximum absolute atomic E-state index is 12.7. The van der Waals surface area contributed by atoms with Crippen LogP contribution in [0.5, 0.6) is 0 Å². The van der Waals surface area contributed by atoms with E-state index in [0.717, 1.165) is 37.6 Å². The van der Waals surface area contributed by atoms with Crippen LogP contribution < -0.4 is 4.90 Å². The summed E-state index contributed by atoms with van der Waals surface area (Å²) in [7, 11) is 1.83. The number of hydrogen-bond donors (Lipinski definition) is 0. The van der Waals surface area contributed by atoms with Gasteiger partial charge in [-0.3, -0.25) is 9.69 Å². The van der Waals surface area contributed by atoms with E-state index in [0.29, 0.717) is 18.2 Å². The van der Waals surface area contributed by atoms with Crippen molar-refractivity contribution in [2.75, 3.05) is 38.1 Å². The third-order valence-electron chi connectivity index (χ3n) is 5.70. The minimum absolute atomic E-state index is 0. The molecule has 0 bridgehead atoms. The topological polar surface area (TPSA) is 39.7 Å². The lowest BCUT2D eigenvalue weighted by Gasteiger charge is -2.39. The van der Waals surface area contributed by atoms with Gasteiger partial charge in [-0.2, -0.15) is 0 Å². The highest BCUT2D eigenvalue weighted by Gasteiger charge is 2.22. The Morgan fingerprint density at radius 1 is 1.03 bits per heavy atom. The van der Waals surface area contributed by atoms with Gasteiger partial charge in [0, 0.05) is 52.0 Å². The van der Waals surface area contributed by atoms with Crippen LogP contribution in [0.25, 0.3) is 0 Å². The molecular weight excluding hydrogens is 384 g/mol. The monoisotopic (exact) mass is 416 g/mol. The second-order valence-corrected chi connectivity index (χ2v) is 7.55. The summed E-state index contributed by atoms with van der Waals surface area (Å²) in [4.78, 5) is 23.9. The molecule has 6 heteroatoms. The molecule has 0 N–H and O–H groups in total. The van der Waals surface area contributed by atoms with Crippen molar-refractivity contribution in [3.05, 3.63) is 59.8 Å². The first-order chi connectivity index (χ1) is 13.6. The Labute approximate surface area is 181 Å². The van der Waals surface area contributed by atoms with Gasteiger partial charge in [0.2, 0.25) is 0 Å². The second kappa shape index (κ2) is 11.2. The molecule has 29 heavy (non-hydrogen) atoms. The molecule has 0 saturated carbocycles. The largest absolute Gasteiger partial charge is 0.354 e. The third-order valence-corrected chi connectivity index (χ3v) is 5.70. The molecule has 1 aromatic carbocycles. The number of carbonyl (C=O) groups is 1. The molecule has 1 aliphatic heterocycles. The number of nitrogens with zero attached hydrogens (tertiary/aromatic N) is 4. The van der Waals surface area contributed by atoms with E-state index in [-0.39, 0.29) is 18.3 Å². The maximum Gasteiger partial charge on any atom is 0.255 e. The molecule has 0 radical (unpaired) electrons. The van der Waals surface area contributed by atoms with Gasteiger partial charge >= 0.3 is 0 Å². The molecule has 0 unspecified atom stereocenters. The summed E-state index contributed by atoms with van der Waals surface area (Å²) in [5.41, 5.74) is 1.76. The van der Waals surface area contributed by atoms with Crippen molar-refractivity contribution in [2.24, 2.45) is 0 Å². The van der Waals surface area contributed by atoms with Gasteiger partial charge < -0.3 is 9.80 Å². The van der Waals surface area contributed by atoms with Crippen molar-refractivity contribution < 1.29 is 4.79 Å². The summed E-state index contributed by atoms with van der Waals surface area (Å²) in [6.45, 7) is 9.27. The molecule has 158 valence electrons. The lowest BCUT2D eigenvalue weighted by molar-refractivity contribution is 0.0784. The lowest BCUT2D eigenvalue weighted by atomic mass is 10.1. The first-order valence-electron chi connectivity index (χ1n) is 10.4. The van der Waals surface area contributed by atoms with Crippen molar-refractivity contribution in [1.29, 1.82) is 0 Å². The first kappa shape index (κ1) is 23.2. The summed E-state index contributed by atoms with van der Waals surface area (Å²) in [5, 5.41) is 0. The van der Waals surface area contributed by atoms with E-state index in [1.165, 1.54) is 12.8 Å². The predicted molar refractivity (Wildman–Crippen MR) is 122 cm³/mol. The van der Waals surface area contributed by atoms with Gasteiger partial charge in [0.05, 0.1) is 5.56 Å². The molecule has 1 saturated heterocycles. The number of benzene rings is 1. The van der Waals surface area contributed by atoms with Crippen molar-refractivity contribution in [1.82, 2.24) is 14.8 Å². The summed E-state index contributed by atoms with van der Waals surface area (Å²) in [6.07, 6.45) is 4.14. The van der Waals surface area contributed by atoms with Crippen LogP contribution in [-0.4, -0.2) is 60.0 Å². The van der Waals surface area contributed by atoms with E-state index in [1.54, 1.807) is 11.1 Å². The smallest absolute Gasteiger partial charge is 0.255 e. The number of amides is 1. The standard InChI is InChI=1S/C23H32N4O.ClH/c1-4-21(5-2)26-13-15-27(16-14-26)22-12-11-20(17-24-22)23(28)25(3)18-19-9-7-6-8-10-19;/h6-12,17,21H,4-5,13-16,18H2,1-3H3;1H. The number of carbonyl (C=O) groups excluding carboxylic acids is 1. The zero-order chi connectivity index (χ0) is 19.9. The van der Waals surface area contributed by atoms with Gasteiger partial charge in [0.1, 0.15) is 5.82 Å². The van der Waals surface area contributed by atoms with Gasteiger partial charge in [-0.05, 0) is 30.5 Å². The van der Waals surface area contributed by atoms with Crippen LogP contribution >= 0.6 is 12.4 Å². The van der Waals surface area contributed by atoms with Gasteiger partial charge in [-0.25, -0.2) is 4.98 Å². The molecule has 1 amide bonds. The Bertz CT molecular complexity index is 741. The number of rotatable bonds is 7. The fraction of sp³-hybridized carbons (Fsp3) is 0.478. The van der Waals surface area contributed by atoms with Crippen molar-refractivity contribution in [3.63, 3.8) is 0 Å². The van der Waals surface area contributed by atoms with E-state index >= 15 is 0 Å². The number of hydrogen-bond acceptors (Lipinski definition) is 4.